The molecule has 1 aliphatic rings. The first-order valence-electron chi connectivity index (χ1n) is 6.06. The Morgan fingerprint density at radius 3 is 2.88 bits per heavy atom. The SMILES string of the molecule is C=CC(N)c1cncc2cccc(C3CC3)c12. The molecule has 17 heavy (non-hydrogen) atoms. The van der Waals surface area contributed by atoms with Crippen molar-refractivity contribution in [3.8, 4) is 0 Å². The fourth-order valence-electron chi connectivity index (χ4n) is 2.41. The van der Waals surface area contributed by atoms with Gasteiger partial charge in [0.2, 0.25) is 0 Å². The first kappa shape index (κ1) is 10.5. The van der Waals surface area contributed by atoms with Crippen LogP contribution in [-0.4, -0.2) is 4.98 Å². The molecular formula is C15H16N2. The van der Waals surface area contributed by atoms with Crippen molar-refractivity contribution in [2.45, 2.75) is 24.8 Å². The Morgan fingerprint density at radius 2 is 2.18 bits per heavy atom. The number of fused-ring (bicyclic) bond motifs is 1. The highest BCUT2D eigenvalue weighted by Crippen LogP contribution is 2.44. The first-order chi connectivity index (χ1) is 8.31. The average Bonchev–Trinajstić information content (AvgIpc) is 3.20. The maximum atomic E-state index is 6.09. The molecule has 0 radical (unpaired) electrons. The van der Waals surface area contributed by atoms with E-state index in [2.05, 4.69) is 29.8 Å². The van der Waals surface area contributed by atoms with Gasteiger partial charge in [0.25, 0.3) is 0 Å². The summed E-state index contributed by atoms with van der Waals surface area (Å²) in [6.07, 6.45) is 8.16. The van der Waals surface area contributed by atoms with E-state index in [9.17, 15) is 0 Å². The van der Waals surface area contributed by atoms with Gasteiger partial charge in [-0.3, -0.25) is 4.98 Å². The summed E-state index contributed by atoms with van der Waals surface area (Å²) < 4.78 is 0. The molecule has 1 saturated carbocycles. The molecule has 0 spiro atoms. The molecule has 0 bridgehead atoms. The fraction of sp³-hybridized carbons (Fsp3) is 0.267. The van der Waals surface area contributed by atoms with Crippen molar-refractivity contribution in [2.24, 2.45) is 5.73 Å². The molecule has 0 saturated heterocycles. The molecule has 3 rings (SSSR count). The number of nitrogens with two attached hydrogens (primary N) is 1. The third-order valence-corrected chi connectivity index (χ3v) is 3.48. The van der Waals surface area contributed by atoms with Gasteiger partial charge in [0.1, 0.15) is 0 Å². The van der Waals surface area contributed by atoms with Crippen molar-refractivity contribution in [1.82, 2.24) is 4.98 Å². The van der Waals surface area contributed by atoms with Crippen molar-refractivity contribution in [3.05, 3.63) is 54.4 Å². The van der Waals surface area contributed by atoms with Gasteiger partial charge in [0, 0.05) is 23.8 Å². The number of aromatic nitrogens is 1. The maximum absolute atomic E-state index is 6.09. The summed E-state index contributed by atoms with van der Waals surface area (Å²) in [5, 5.41) is 2.47. The van der Waals surface area contributed by atoms with Crippen LogP contribution in [0.1, 0.15) is 35.9 Å². The molecule has 2 aromatic rings. The standard InChI is InChI=1S/C15H16N2/c1-2-14(16)13-9-17-8-11-4-3-5-12(15(11)13)10-6-7-10/h2-5,8-10,14H,1,6-7,16H2. The zero-order chi connectivity index (χ0) is 11.8. The van der Waals surface area contributed by atoms with Crippen LogP contribution >= 0.6 is 0 Å². The second-order valence-electron chi connectivity index (χ2n) is 4.71. The van der Waals surface area contributed by atoms with Crippen LogP contribution in [0.15, 0.2) is 43.2 Å². The highest BCUT2D eigenvalue weighted by atomic mass is 14.7. The van der Waals surface area contributed by atoms with Gasteiger partial charge in [-0.15, -0.1) is 6.58 Å². The minimum atomic E-state index is -0.133. The molecule has 1 atom stereocenters. The van der Waals surface area contributed by atoms with Crippen LogP contribution in [-0.2, 0) is 0 Å². The van der Waals surface area contributed by atoms with E-state index in [4.69, 9.17) is 5.73 Å². The van der Waals surface area contributed by atoms with Gasteiger partial charge >= 0.3 is 0 Å². The van der Waals surface area contributed by atoms with Crippen LogP contribution in [0.4, 0.5) is 0 Å². The van der Waals surface area contributed by atoms with Gasteiger partial charge in [-0.2, -0.15) is 0 Å². The molecule has 1 heterocycles. The van der Waals surface area contributed by atoms with Gasteiger partial charge in [-0.05, 0) is 35.3 Å². The van der Waals surface area contributed by atoms with E-state index in [1.165, 1.54) is 29.2 Å². The lowest BCUT2D eigenvalue weighted by Gasteiger charge is -2.13. The van der Waals surface area contributed by atoms with Crippen molar-refractivity contribution < 1.29 is 0 Å². The molecule has 1 unspecified atom stereocenters. The molecule has 0 amide bonds. The van der Waals surface area contributed by atoms with Gasteiger partial charge in [0.15, 0.2) is 0 Å². The van der Waals surface area contributed by atoms with Crippen molar-refractivity contribution in [3.63, 3.8) is 0 Å². The van der Waals surface area contributed by atoms with E-state index in [0.717, 1.165) is 11.5 Å². The Labute approximate surface area is 101 Å². The van der Waals surface area contributed by atoms with Crippen molar-refractivity contribution in [2.75, 3.05) is 0 Å². The van der Waals surface area contributed by atoms with Crippen LogP contribution < -0.4 is 5.73 Å². The van der Waals surface area contributed by atoms with Crippen molar-refractivity contribution >= 4 is 10.8 Å². The predicted octanol–water partition coefficient (Wildman–Crippen LogP) is 3.30. The fourth-order valence-corrected chi connectivity index (χ4v) is 2.41. The summed E-state index contributed by atoms with van der Waals surface area (Å²) in [5.41, 5.74) is 8.62. The van der Waals surface area contributed by atoms with Crippen LogP contribution in [0.25, 0.3) is 10.8 Å². The Hall–Kier alpha value is -1.67. The third-order valence-electron chi connectivity index (χ3n) is 3.48. The summed E-state index contributed by atoms with van der Waals surface area (Å²) in [6, 6.07) is 6.30. The molecule has 2 nitrogen and oxygen atoms in total. The molecule has 1 aliphatic carbocycles. The first-order valence-corrected chi connectivity index (χ1v) is 6.06. The number of hydrogen-bond acceptors (Lipinski definition) is 2. The van der Waals surface area contributed by atoms with E-state index in [-0.39, 0.29) is 6.04 Å². The highest BCUT2D eigenvalue weighted by molar-refractivity contribution is 5.89. The molecule has 1 aromatic heterocycles. The zero-order valence-electron chi connectivity index (χ0n) is 9.76. The van der Waals surface area contributed by atoms with E-state index in [1.807, 2.05) is 12.4 Å². The summed E-state index contributed by atoms with van der Waals surface area (Å²) >= 11 is 0. The second-order valence-corrected chi connectivity index (χ2v) is 4.71. The van der Waals surface area contributed by atoms with Crippen LogP contribution in [0, 0.1) is 0 Å². The van der Waals surface area contributed by atoms with Crippen LogP contribution in [0.2, 0.25) is 0 Å². The predicted molar refractivity (Wildman–Crippen MR) is 70.8 cm³/mol. The molecule has 2 heteroatoms. The zero-order valence-corrected chi connectivity index (χ0v) is 9.76. The van der Waals surface area contributed by atoms with Crippen LogP contribution in [0.3, 0.4) is 0 Å². The number of nitrogens with zero attached hydrogens (tertiary/aromatic N) is 1. The van der Waals surface area contributed by atoms with E-state index >= 15 is 0 Å². The van der Waals surface area contributed by atoms with Gasteiger partial charge in [-0.1, -0.05) is 24.3 Å². The minimum absolute atomic E-state index is 0.133. The largest absolute Gasteiger partial charge is 0.321 e. The molecule has 2 N–H and O–H groups in total. The van der Waals surface area contributed by atoms with Gasteiger partial charge in [0.05, 0.1) is 0 Å². The van der Waals surface area contributed by atoms with Gasteiger partial charge < -0.3 is 5.73 Å². The van der Waals surface area contributed by atoms with E-state index < -0.39 is 0 Å². The maximum Gasteiger partial charge on any atom is 0.0500 e. The molecular weight excluding hydrogens is 208 g/mol. The normalized spacial score (nSPS) is 17.0. The smallest absolute Gasteiger partial charge is 0.0500 e. The molecule has 1 aromatic carbocycles. The van der Waals surface area contributed by atoms with E-state index in [1.54, 1.807) is 6.08 Å². The Balaban J connectivity index is 2.30. The lowest BCUT2D eigenvalue weighted by Crippen LogP contribution is -2.08. The lowest BCUT2D eigenvalue weighted by atomic mass is 9.95. The highest BCUT2D eigenvalue weighted by Gasteiger charge is 2.26. The quantitative estimate of drug-likeness (QED) is 0.812. The van der Waals surface area contributed by atoms with Gasteiger partial charge in [-0.25, -0.2) is 0 Å². The molecule has 1 fully saturated rings. The average molecular weight is 224 g/mol. The minimum Gasteiger partial charge on any atom is -0.321 e. The summed E-state index contributed by atoms with van der Waals surface area (Å²) in [4.78, 5) is 4.27. The van der Waals surface area contributed by atoms with Crippen molar-refractivity contribution in [1.29, 1.82) is 0 Å². The number of benzene rings is 1. The Kier molecular flexibility index (Phi) is 2.45. The summed E-state index contributed by atoms with van der Waals surface area (Å²) in [6.45, 7) is 3.78. The second kappa shape index (κ2) is 3.97. The molecule has 0 aliphatic heterocycles. The lowest BCUT2D eigenvalue weighted by molar-refractivity contribution is 0.913. The van der Waals surface area contributed by atoms with Crippen LogP contribution in [0.5, 0.6) is 0 Å². The monoisotopic (exact) mass is 224 g/mol. The Morgan fingerprint density at radius 1 is 1.35 bits per heavy atom. The molecule has 86 valence electrons. The van der Waals surface area contributed by atoms with E-state index in [0.29, 0.717) is 0 Å². The summed E-state index contributed by atoms with van der Waals surface area (Å²) in [7, 11) is 0. The number of pyridine rings is 1. The Bertz CT molecular complexity index is 565. The summed E-state index contributed by atoms with van der Waals surface area (Å²) in [5.74, 6) is 0.719. The number of hydrogen-bond donors (Lipinski definition) is 1. The topological polar surface area (TPSA) is 38.9 Å². The number of rotatable bonds is 3. The third kappa shape index (κ3) is 1.75.